The molecule has 1 aliphatic rings. The molecule has 0 aliphatic heterocycles. The molecule has 0 saturated carbocycles. The maximum atomic E-state index is 9.34. The summed E-state index contributed by atoms with van der Waals surface area (Å²) in [6.45, 7) is 0. The fourth-order valence-corrected chi connectivity index (χ4v) is 2.50. The van der Waals surface area contributed by atoms with Gasteiger partial charge in [-0.1, -0.05) is 0 Å². The van der Waals surface area contributed by atoms with Gasteiger partial charge < -0.3 is 4.74 Å². The summed E-state index contributed by atoms with van der Waals surface area (Å²) in [4.78, 5) is 4.63. The van der Waals surface area contributed by atoms with Gasteiger partial charge in [0.2, 0.25) is 0 Å². The zero-order chi connectivity index (χ0) is 11.8. The molecule has 1 aromatic carbocycles. The minimum Gasteiger partial charge on any atom is -0.497 e. The monoisotopic (exact) mass is 224 g/mol. The van der Waals surface area contributed by atoms with E-state index in [0.717, 1.165) is 52.7 Å². The minimum absolute atomic E-state index is 0.772. The first-order chi connectivity index (χ1) is 8.33. The van der Waals surface area contributed by atoms with Crippen molar-refractivity contribution in [1.29, 1.82) is 5.26 Å². The number of nitrogens with zero attached hydrogens (tertiary/aromatic N) is 2. The minimum atomic E-state index is 0.772. The van der Waals surface area contributed by atoms with Crippen LogP contribution in [-0.2, 0) is 12.8 Å². The third-order valence-electron chi connectivity index (χ3n) is 3.33. The van der Waals surface area contributed by atoms with Crippen LogP contribution in [0.2, 0.25) is 0 Å². The predicted molar refractivity (Wildman–Crippen MR) is 65.0 cm³/mol. The molecule has 0 bridgehead atoms. The summed E-state index contributed by atoms with van der Waals surface area (Å²) < 4.78 is 5.20. The van der Waals surface area contributed by atoms with E-state index in [1.807, 2.05) is 18.2 Å². The molecule has 3 heteroatoms. The van der Waals surface area contributed by atoms with Gasteiger partial charge in [-0.3, -0.25) is 4.98 Å². The number of aryl methyl sites for hydroxylation is 1. The molecule has 0 atom stereocenters. The van der Waals surface area contributed by atoms with Crippen molar-refractivity contribution in [2.45, 2.75) is 19.3 Å². The maximum absolute atomic E-state index is 9.34. The van der Waals surface area contributed by atoms with Gasteiger partial charge in [-0.05, 0) is 43.0 Å². The van der Waals surface area contributed by atoms with Crippen LogP contribution < -0.4 is 4.74 Å². The van der Waals surface area contributed by atoms with Crippen LogP contribution in [0.4, 0.5) is 0 Å². The van der Waals surface area contributed by atoms with Gasteiger partial charge >= 0.3 is 0 Å². The van der Waals surface area contributed by atoms with Gasteiger partial charge in [0.15, 0.2) is 0 Å². The number of nitriles is 1. The van der Waals surface area contributed by atoms with Crippen molar-refractivity contribution < 1.29 is 4.74 Å². The molecule has 3 nitrogen and oxygen atoms in total. The van der Waals surface area contributed by atoms with Crippen LogP contribution in [0.5, 0.6) is 5.75 Å². The number of methoxy groups -OCH3 is 1. The van der Waals surface area contributed by atoms with Crippen molar-refractivity contribution in [2.75, 3.05) is 7.11 Å². The van der Waals surface area contributed by atoms with Crippen LogP contribution in [0.1, 0.15) is 23.2 Å². The Morgan fingerprint density at radius 2 is 2.24 bits per heavy atom. The Kier molecular flexibility index (Phi) is 2.22. The van der Waals surface area contributed by atoms with Gasteiger partial charge in [-0.2, -0.15) is 5.26 Å². The van der Waals surface area contributed by atoms with Gasteiger partial charge in [0.1, 0.15) is 11.8 Å². The largest absolute Gasteiger partial charge is 0.497 e. The highest BCUT2D eigenvalue weighted by molar-refractivity contribution is 5.87. The van der Waals surface area contributed by atoms with E-state index in [1.54, 1.807) is 7.11 Å². The Labute approximate surface area is 99.7 Å². The van der Waals surface area contributed by atoms with E-state index >= 15 is 0 Å². The Morgan fingerprint density at radius 1 is 1.35 bits per heavy atom. The Balaban J connectivity index is 2.38. The molecule has 1 aliphatic carbocycles. The Hall–Kier alpha value is -2.08. The lowest BCUT2D eigenvalue weighted by atomic mass is 10.0. The normalized spacial score (nSPS) is 13.4. The molecule has 1 heterocycles. The van der Waals surface area contributed by atoms with Gasteiger partial charge in [-0.25, -0.2) is 0 Å². The third-order valence-corrected chi connectivity index (χ3v) is 3.33. The maximum Gasteiger partial charge on any atom is 0.119 e. The molecule has 3 rings (SSSR count). The molecule has 2 aromatic rings. The third kappa shape index (κ3) is 1.45. The number of hydrogen-bond donors (Lipinski definition) is 0. The summed E-state index contributed by atoms with van der Waals surface area (Å²) >= 11 is 0. The average molecular weight is 224 g/mol. The first kappa shape index (κ1) is 10.1. The van der Waals surface area contributed by atoms with Crippen LogP contribution in [0.15, 0.2) is 18.2 Å². The lowest BCUT2D eigenvalue weighted by Gasteiger charge is -2.07. The molecule has 17 heavy (non-hydrogen) atoms. The molecule has 0 amide bonds. The second kappa shape index (κ2) is 3.74. The number of fused-ring (bicyclic) bond motifs is 2. The standard InChI is InChI=1S/C14H12N2O/c1-17-9-5-6-14-11(7-9)12(8-15)10-3-2-4-13(10)16-14/h5-7H,2-4H2,1H3. The molecule has 0 saturated heterocycles. The molecule has 0 fully saturated rings. The summed E-state index contributed by atoms with van der Waals surface area (Å²) in [5.74, 6) is 0.772. The van der Waals surface area contributed by atoms with Crippen molar-refractivity contribution >= 4 is 10.9 Å². The molecule has 0 unspecified atom stereocenters. The van der Waals surface area contributed by atoms with Gasteiger partial charge in [0, 0.05) is 11.1 Å². The highest BCUT2D eigenvalue weighted by atomic mass is 16.5. The van der Waals surface area contributed by atoms with E-state index in [1.165, 1.54) is 0 Å². The van der Waals surface area contributed by atoms with Gasteiger partial charge in [0.05, 0.1) is 18.2 Å². The summed E-state index contributed by atoms with van der Waals surface area (Å²) in [6.07, 6.45) is 3.06. The van der Waals surface area contributed by atoms with Crippen molar-refractivity contribution in [3.05, 3.63) is 35.0 Å². The molecular weight excluding hydrogens is 212 g/mol. The molecule has 1 aromatic heterocycles. The summed E-state index contributed by atoms with van der Waals surface area (Å²) in [7, 11) is 1.63. The van der Waals surface area contributed by atoms with Crippen LogP contribution in [0.3, 0.4) is 0 Å². The first-order valence-electron chi connectivity index (χ1n) is 5.73. The molecule has 0 radical (unpaired) electrons. The van der Waals surface area contributed by atoms with Gasteiger partial charge in [-0.15, -0.1) is 0 Å². The quantitative estimate of drug-likeness (QED) is 0.748. The second-order valence-electron chi connectivity index (χ2n) is 4.26. The van der Waals surface area contributed by atoms with Crippen molar-refractivity contribution in [3.8, 4) is 11.8 Å². The van der Waals surface area contributed by atoms with E-state index in [-0.39, 0.29) is 0 Å². The van der Waals surface area contributed by atoms with Crippen molar-refractivity contribution in [2.24, 2.45) is 0 Å². The zero-order valence-electron chi connectivity index (χ0n) is 9.66. The number of pyridine rings is 1. The fourth-order valence-electron chi connectivity index (χ4n) is 2.50. The number of aromatic nitrogens is 1. The van der Waals surface area contributed by atoms with E-state index < -0.39 is 0 Å². The topological polar surface area (TPSA) is 45.9 Å². The Bertz CT molecular complexity index is 641. The van der Waals surface area contributed by atoms with Crippen LogP contribution >= 0.6 is 0 Å². The summed E-state index contributed by atoms with van der Waals surface area (Å²) in [5.41, 5.74) is 3.90. The highest BCUT2D eigenvalue weighted by Crippen LogP contribution is 2.31. The Morgan fingerprint density at radius 3 is 3.00 bits per heavy atom. The molecule has 0 spiro atoms. The lowest BCUT2D eigenvalue weighted by molar-refractivity contribution is 0.415. The van der Waals surface area contributed by atoms with Gasteiger partial charge in [0.25, 0.3) is 0 Å². The number of benzene rings is 1. The number of hydrogen-bond acceptors (Lipinski definition) is 3. The smallest absolute Gasteiger partial charge is 0.119 e. The van der Waals surface area contributed by atoms with E-state index in [2.05, 4.69) is 11.1 Å². The first-order valence-corrected chi connectivity index (χ1v) is 5.73. The molecular formula is C14H12N2O. The fraction of sp³-hybridized carbons (Fsp3) is 0.286. The molecule has 84 valence electrons. The van der Waals surface area contributed by atoms with E-state index in [4.69, 9.17) is 4.74 Å². The summed E-state index contributed by atoms with van der Waals surface area (Å²) in [5, 5.41) is 10.3. The molecule has 0 N–H and O–H groups in total. The van der Waals surface area contributed by atoms with Crippen molar-refractivity contribution in [3.63, 3.8) is 0 Å². The number of ether oxygens (including phenoxy) is 1. The highest BCUT2D eigenvalue weighted by Gasteiger charge is 2.19. The SMILES string of the molecule is COc1ccc2nc3c(c(C#N)c2c1)CCC3. The van der Waals surface area contributed by atoms with E-state index in [9.17, 15) is 5.26 Å². The second-order valence-corrected chi connectivity index (χ2v) is 4.26. The zero-order valence-corrected chi connectivity index (χ0v) is 9.66. The van der Waals surface area contributed by atoms with Crippen LogP contribution in [0.25, 0.3) is 10.9 Å². The van der Waals surface area contributed by atoms with E-state index in [0.29, 0.717) is 0 Å². The number of rotatable bonds is 1. The predicted octanol–water partition coefficient (Wildman–Crippen LogP) is 2.60. The summed E-state index contributed by atoms with van der Waals surface area (Å²) in [6, 6.07) is 8.04. The van der Waals surface area contributed by atoms with Crippen LogP contribution in [-0.4, -0.2) is 12.1 Å². The van der Waals surface area contributed by atoms with Crippen LogP contribution in [0, 0.1) is 11.3 Å². The average Bonchev–Trinajstić information content (AvgIpc) is 2.82. The lowest BCUT2D eigenvalue weighted by Crippen LogP contribution is -1.96. The van der Waals surface area contributed by atoms with Crippen molar-refractivity contribution in [1.82, 2.24) is 4.98 Å².